The van der Waals surface area contributed by atoms with Gasteiger partial charge in [0.2, 0.25) is 5.91 Å². The van der Waals surface area contributed by atoms with Gasteiger partial charge in [0, 0.05) is 24.0 Å². The van der Waals surface area contributed by atoms with Crippen molar-refractivity contribution in [1.82, 2.24) is 14.5 Å². The summed E-state index contributed by atoms with van der Waals surface area (Å²) in [5.41, 5.74) is 4.85. The van der Waals surface area contributed by atoms with Crippen LogP contribution < -0.4 is 10.9 Å². The molecule has 0 spiro atoms. The zero-order valence-electron chi connectivity index (χ0n) is 18.9. The first kappa shape index (κ1) is 22.9. The van der Waals surface area contributed by atoms with Crippen LogP contribution in [0.4, 0.5) is 5.69 Å². The van der Waals surface area contributed by atoms with Crippen LogP contribution in [0.3, 0.4) is 0 Å². The maximum absolute atomic E-state index is 13.3. The Bertz CT molecular complexity index is 1310. The number of carbonyl (C=O) groups is 1. The Hall–Kier alpha value is -3.32. The second-order valence-corrected chi connectivity index (χ2v) is 8.83. The van der Waals surface area contributed by atoms with Gasteiger partial charge in [0.15, 0.2) is 5.16 Å². The molecule has 0 bridgehead atoms. The number of carbonyl (C=O) groups excluding carboxylic acids is 1. The molecule has 6 nitrogen and oxygen atoms in total. The summed E-state index contributed by atoms with van der Waals surface area (Å²) in [6.45, 7) is 4.74. The predicted molar refractivity (Wildman–Crippen MR) is 136 cm³/mol. The second kappa shape index (κ2) is 10.5. The number of benzene rings is 2. The van der Waals surface area contributed by atoms with E-state index in [1.54, 1.807) is 4.57 Å². The van der Waals surface area contributed by atoms with E-state index in [0.717, 1.165) is 36.1 Å². The molecule has 0 atom stereocenters. The molecule has 0 radical (unpaired) electrons. The number of aryl methyl sites for hydroxylation is 1. The number of hydrogen-bond acceptors (Lipinski definition) is 4. The average molecular weight is 461 g/mol. The summed E-state index contributed by atoms with van der Waals surface area (Å²) in [6, 6.07) is 17.7. The SMILES string of the molecule is CCCCn1c(SCC(=O)Nc2cccc(CC)c2)nc2c(-c3ccccc3)c[nH]c2c1=O. The predicted octanol–water partition coefficient (Wildman–Crippen LogP) is 5.48. The molecule has 2 heterocycles. The van der Waals surface area contributed by atoms with E-state index in [4.69, 9.17) is 4.98 Å². The molecule has 2 aromatic heterocycles. The zero-order valence-corrected chi connectivity index (χ0v) is 19.7. The van der Waals surface area contributed by atoms with Crippen LogP contribution >= 0.6 is 11.8 Å². The molecule has 4 rings (SSSR count). The lowest BCUT2D eigenvalue weighted by molar-refractivity contribution is -0.113. The number of amides is 1. The van der Waals surface area contributed by atoms with E-state index in [9.17, 15) is 9.59 Å². The van der Waals surface area contributed by atoms with Crippen molar-refractivity contribution in [2.24, 2.45) is 0 Å². The van der Waals surface area contributed by atoms with E-state index < -0.39 is 0 Å². The summed E-state index contributed by atoms with van der Waals surface area (Å²) in [7, 11) is 0. The summed E-state index contributed by atoms with van der Waals surface area (Å²) >= 11 is 1.30. The number of aromatic amines is 1. The summed E-state index contributed by atoms with van der Waals surface area (Å²) < 4.78 is 1.69. The van der Waals surface area contributed by atoms with Crippen LogP contribution in [0.5, 0.6) is 0 Å². The Morgan fingerprint density at radius 2 is 1.94 bits per heavy atom. The first-order valence-corrected chi connectivity index (χ1v) is 12.3. The number of rotatable bonds is 9. The lowest BCUT2D eigenvalue weighted by Crippen LogP contribution is -2.24. The average Bonchev–Trinajstić information content (AvgIpc) is 3.27. The van der Waals surface area contributed by atoms with Gasteiger partial charge in [0.05, 0.1) is 5.75 Å². The number of hydrogen-bond donors (Lipinski definition) is 2. The van der Waals surface area contributed by atoms with Crippen LogP contribution in [-0.2, 0) is 17.8 Å². The Morgan fingerprint density at radius 1 is 1.12 bits per heavy atom. The van der Waals surface area contributed by atoms with Crippen LogP contribution in [0.25, 0.3) is 22.2 Å². The largest absolute Gasteiger partial charge is 0.355 e. The smallest absolute Gasteiger partial charge is 0.278 e. The Balaban J connectivity index is 1.63. The monoisotopic (exact) mass is 460 g/mol. The minimum absolute atomic E-state index is 0.103. The van der Waals surface area contributed by atoms with Gasteiger partial charge in [-0.15, -0.1) is 0 Å². The molecule has 0 aliphatic rings. The highest BCUT2D eigenvalue weighted by atomic mass is 32.2. The highest BCUT2D eigenvalue weighted by Crippen LogP contribution is 2.28. The molecule has 0 aliphatic carbocycles. The molecule has 2 N–H and O–H groups in total. The van der Waals surface area contributed by atoms with Crippen LogP contribution in [0.15, 0.2) is 70.7 Å². The first-order valence-electron chi connectivity index (χ1n) is 11.3. The third-order valence-electron chi connectivity index (χ3n) is 5.52. The van der Waals surface area contributed by atoms with Gasteiger partial charge in [0.1, 0.15) is 11.0 Å². The second-order valence-electron chi connectivity index (χ2n) is 7.89. The van der Waals surface area contributed by atoms with Gasteiger partial charge in [-0.05, 0) is 36.1 Å². The lowest BCUT2D eigenvalue weighted by Gasteiger charge is -2.12. The number of H-pyrrole nitrogens is 1. The molecule has 0 saturated carbocycles. The van der Waals surface area contributed by atoms with E-state index in [-0.39, 0.29) is 17.2 Å². The highest BCUT2D eigenvalue weighted by molar-refractivity contribution is 7.99. The Morgan fingerprint density at radius 3 is 2.70 bits per heavy atom. The molecule has 0 saturated heterocycles. The molecule has 2 aromatic carbocycles. The Kier molecular flexibility index (Phi) is 7.29. The number of thioether (sulfide) groups is 1. The first-order chi connectivity index (χ1) is 16.1. The van der Waals surface area contributed by atoms with Crippen molar-refractivity contribution < 1.29 is 4.79 Å². The van der Waals surface area contributed by atoms with E-state index in [2.05, 4.69) is 24.1 Å². The number of nitrogens with zero attached hydrogens (tertiary/aromatic N) is 2. The maximum Gasteiger partial charge on any atom is 0.278 e. The molecule has 0 aliphatic heterocycles. The van der Waals surface area contributed by atoms with Crippen molar-refractivity contribution in [2.45, 2.75) is 44.8 Å². The third-order valence-corrected chi connectivity index (χ3v) is 6.50. The molecule has 1 amide bonds. The topological polar surface area (TPSA) is 79.8 Å². The molecular weight excluding hydrogens is 432 g/mol. The number of unbranched alkanes of at least 4 members (excludes halogenated alkanes) is 1. The Labute approximate surface area is 197 Å². The molecule has 170 valence electrons. The standard InChI is InChI=1S/C26H28N4O2S/c1-3-5-14-30-25(32)24-23(21(16-27-24)19-11-7-6-8-12-19)29-26(30)33-17-22(31)28-20-13-9-10-18(4-2)15-20/h6-13,15-16,27H,3-5,14,17H2,1-2H3,(H,28,31). The van der Waals surface area contributed by atoms with Crippen LogP contribution in [0, 0.1) is 0 Å². The maximum atomic E-state index is 13.3. The molecule has 0 unspecified atom stereocenters. The van der Waals surface area contributed by atoms with Crippen LogP contribution in [0.1, 0.15) is 32.3 Å². The van der Waals surface area contributed by atoms with Crippen LogP contribution in [0.2, 0.25) is 0 Å². The minimum Gasteiger partial charge on any atom is -0.355 e. The van der Waals surface area contributed by atoms with Gasteiger partial charge in [-0.2, -0.15) is 0 Å². The lowest BCUT2D eigenvalue weighted by atomic mass is 10.1. The van der Waals surface area contributed by atoms with Crippen molar-refractivity contribution in [3.63, 3.8) is 0 Å². The molecule has 4 aromatic rings. The van der Waals surface area contributed by atoms with Crippen molar-refractivity contribution in [1.29, 1.82) is 0 Å². The van der Waals surface area contributed by atoms with E-state index in [1.807, 2.05) is 60.8 Å². The van der Waals surface area contributed by atoms with Crippen molar-refractivity contribution >= 4 is 34.4 Å². The number of anilines is 1. The van der Waals surface area contributed by atoms with Crippen molar-refractivity contribution in [3.05, 3.63) is 76.7 Å². The van der Waals surface area contributed by atoms with E-state index in [1.165, 1.54) is 17.3 Å². The van der Waals surface area contributed by atoms with Gasteiger partial charge in [-0.25, -0.2) is 4.98 Å². The van der Waals surface area contributed by atoms with Gasteiger partial charge in [-0.3, -0.25) is 14.2 Å². The van der Waals surface area contributed by atoms with Gasteiger partial charge >= 0.3 is 0 Å². The van der Waals surface area contributed by atoms with Gasteiger partial charge < -0.3 is 10.3 Å². The normalized spacial score (nSPS) is 11.1. The molecule has 0 fully saturated rings. The number of aromatic nitrogens is 3. The highest BCUT2D eigenvalue weighted by Gasteiger charge is 2.17. The quantitative estimate of drug-likeness (QED) is 0.256. The van der Waals surface area contributed by atoms with E-state index in [0.29, 0.717) is 22.7 Å². The number of fused-ring (bicyclic) bond motifs is 1. The van der Waals surface area contributed by atoms with Crippen molar-refractivity contribution in [3.8, 4) is 11.1 Å². The van der Waals surface area contributed by atoms with Crippen LogP contribution in [-0.4, -0.2) is 26.2 Å². The summed E-state index contributed by atoms with van der Waals surface area (Å²) in [4.78, 5) is 33.9. The molecule has 33 heavy (non-hydrogen) atoms. The zero-order chi connectivity index (χ0) is 23.2. The fraction of sp³-hybridized carbons (Fsp3) is 0.269. The number of nitrogens with one attached hydrogen (secondary N) is 2. The fourth-order valence-electron chi connectivity index (χ4n) is 3.73. The third kappa shape index (κ3) is 5.20. The van der Waals surface area contributed by atoms with Crippen molar-refractivity contribution in [2.75, 3.05) is 11.1 Å². The molecule has 7 heteroatoms. The fourth-order valence-corrected chi connectivity index (χ4v) is 4.55. The summed E-state index contributed by atoms with van der Waals surface area (Å²) in [6.07, 6.45) is 4.57. The molecular formula is C26H28N4O2S. The van der Waals surface area contributed by atoms with Gasteiger partial charge in [0.25, 0.3) is 5.56 Å². The van der Waals surface area contributed by atoms with E-state index >= 15 is 0 Å². The van der Waals surface area contributed by atoms with Gasteiger partial charge in [-0.1, -0.05) is 74.5 Å². The summed E-state index contributed by atoms with van der Waals surface area (Å²) in [5.74, 6) is 0.0490. The minimum atomic E-state index is -0.123. The summed E-state index contributed by atoms with van der Waals surface area (Å²) in [5, 5.41) is 3.52.